The fraction of sp³-hybridized carbons (Fsp3) is 0.308. The lowest BCUT2D eigenvalue weighted by atomic mass is 10.2. The van der Waals surface area contributed by atoms with Gasteiger partial charge in [-0.3, -0.25) is 4.79 Å². The number of hydrogen-bond acceptors (Lipinski definition) is 5. The van der Waals surface area contributed by atoms with Gasteiger partial charge in [0.2, 0.25) is 0 Å². The van der Waals surface area contributed by atoms with Gasteiger partial charge in [-0.2, -0.15) is 0 Å². The number of thiazole rings is 1. The second-order valence-corrected chi connectivity index (χ2v) is 5.18. The van der Waals surface area contributed by atoms with E-state index in [0.29, 0.717) is 18.9 Å². The molecule has 106 valence electrons. The maximum absolute atomic E-state index is 13.2. The van der Waals surface area contributed by atoms with E-state index in [9.17, 15) is 9.18 Å². The van der Waals surface area contributed by atoms with Gasteiger partial charge in [0.15, 0.2) is 0 Å². The molecular weight excluding hydrogens is 279 g/mol. The minimum Gasteiger partial charge on any atom is -0.370 e. The molecule has 1 amide bonds. The summed E-state index contributed by atoms with van der Waals surface area (Å²) in [6.07, 6.45) is 1.08. The highest BCUT2D eigenvalue weighted by Gasteiger charge is 2.14. The minimum atomic E-state index is -0.540. The van der Waals surface area contributed by atoms with Crippen molar-refractivity contribution in [1.82, 2.24) is 15.3 Å². The summed E-state index contributed by atoms with van der Waals surface area (Å²) in [5, 5.41) is 8.47. The van der Waals surface area contributed by atoms with Crippen LogP contribution in [0.2, 0.25) is 0 Å². The number of nitrogens with one attached hydrogen (secondary N) is 2. The number of amides is 1. The van der Waals surface area contributed by atoms with Crippen molar-refractivity contribution in [2.24, 2.45) is 0 Å². The molecule has 0 aliphatic rings. The van der Waals surface area contributed by atoms with Gasteiger partial charge in [0.25, 0.3) is 5.91 Å². The molecule has 2 rings (SSSR count). The van der Waals surface area contributed by atoms with Crippen LogP contribution in [0, 0.1) is 12.7 Å². The Morgan fingerprint density at radius 1 is 1.50 bits per heavy atom. The Hall–Kier alpha value is -2.02. The zero-order valence-corrected chi connectivity index (χ0v) is 12.1. The van der Waals surface area contributed by atoms with Crippen molar-refractivity contribution in [3.05, 3.63) is 39.7 Å². The van der Waals surface area contributed by atoms with E-state index in [1.54, 1.807) is 0 Å². The molecule has 0 atom stereocenters. The highest BCUT2D eigenvalue weighted by atomic mass is 32.1. The average molecular weight is 294 g/mol. The summed E-state index contributed by atoms with van der Waals surface area (Å²) >= 11 is 1.52. The van der Waals surface area contributed by atoms with Crippen molar-refractivity contribution in [1.29, 1.82) is 0 Å². The Kier molecular flexibility index (Phi) is 4.62. The van der Waals surface area contributed by atoms with E-state index in [4.69, 9.17) is 0 Å². The molecule has 0 saturated carbocycles. The molecule has 0 aliphatic carbocycles. The quantitative estimate of drug-likeness (QED) is 0.888. The summed E-state index contributed by atoms with van der Waals surface area (Å²) in [5.74, 6) is -0.541. The number of carbonyl (C=O) groups is 1. The molecule has 2 aromatic rings. The lowest BCUT2D eigenvalue weighted by Crippen LogP contribution is -2.24. The molecule has 20 heavy (non-hydrogen) atoms. The van der Waals surface area contributed by atoms with Gasteiger partial charge in [0.1, 0.15) is 11.6 Å². The third-order valence-electron chi connectivity index (χ3n) is 2.54. The number of pyridine rings is 1. The van der Waals surface area contributed by atoms with Crippen LogP contribution in [0.15, 0.2) is 17.6 Å². The zero-order chi connectivity index (χ0) is 14.5. The van der Waals surface area contributed by atoms with E-state index in [2.05, 4.69) is 20.6 Å². The van der Waals surface area contributed by atoms with E-state index in [1.807, 2.05) is 19.2 Å². The zero-order valence-electron chi connectivity index (χ0n) is 11.2. The van der Waals surface area contributed by atoms with Crippen LogP contribution in [0.4, 0.5) is 10.2 Å². The van der Waals surface area contributed by atoms with E-state index < -0.39 is 5.82 Å². The Morgan fingerprint density at radius 2 is 2.30 bits per heavy atom. The van der Waals surface area contributed by atoms with E-state index in [0.717, 1.165) is 16.9 Å². The summed E-state index contributed by atoms with van der Waals surface area (Å²) in [5.41, 5.74) is 0.981. The highest BCUT2D eigenvalue weighted by molar-refractivity contribution is 7.09. The topological polar surface area (TPSA) is 66.9 Å². The van der Waals surface area contributed by atoms with E-state index in [-0.39, 0.29) is 11.5 Å². The Bertz CT molecular complexity index is 614. The molecule has 0 bridgehead atoms. The average Bonchev–Trinajstić information content (AvgIpc) is 2.84. The number of halogens is 1. The second kappa shape index (κ2) is 6.42. The first-order valence-electron chi connectivity index (χ1n) is 6.18. The largest absolute Gasteiger partial charge is 0.370 e. The van der Waals surface area contributed by atoms with Crippen LogP contribution in [0.3, 0.4) is 0 Å². The van der Waals surface area contributed by atoms with Crippen LogP contribution in [0.1, 0.15) is 28.0 Å². The van der Waals surface area contributed by atoms with Gasteiger partial charge in [-0.15, -0.1) is 11.3 Å². The summed E-state index contributed by atoms with van der Waals surface area (Å²) < 4.78 is 13.2. The molecule has 0 aliphatic heterocycles. The fourth-order valence-electron chi connectivity index (χ4n) is 1.68. The van der Waals surface area contributed by atoms with Crippen LogP contribution < -0.4 is 10.6 Å². The van der Waals surface area contributed by atoms with Crippen molar-refractivity contribution >= 4 is 23.1 Å². The normalized spacial score (nSPS) is 10.3. The molecule has 5 nitrogen and oxygen atoms in total. The Morgan fingerprint density at radius 3 is 2.95 bits per heavy atom. The number of aromatic nitrogens is 2. The first kappa shape index (κ1) is 14.4. The third-order valence-corrected chi connectivity index (χ3v) is 3.36. The van der Waals surface area contributed by atoms with Crippen molar-refractivity contribution in [3.63, 3.8) is 0 Å². The number of hydrogen-bond donors (Lipinski definition) is 2. The molecular formula is C13H15FN4OS. The number of carbonyl (C=O) groups excluding carboxylic acids is 1. The molecule has 2 N–H and O–H groups in total. The van der Waals surface area contributed by atoms with E-state index in [1.165, 1.54) is 17.4 Å². The smallest absolute Gasteiger partial charge is 0.255 e. The number of aryl methyl sites for hydroxylation is 1. The number of rotatable bonds is 5. The Labute approximate surface area is 120 Å². The predicted octanol–water partition coefficient (Wildman–Crippen LogP) is 2.35. The number of anilines is 1. The van der Waals surface area contributed by atoms with Crippen LogP contribution in [-0.4, -0.2) is 22.4 Å². The van der Waals surface area contributed by atoms with Crippen molar-refractivity contribution in [3.8, 4) is 0 Å². The molecule has 0 spiro atoms. The molecule has 2 heterocycles. The summed E-state index contributed by atoms with van der Waals surface area (Å²) in [4.78, 5) is 20.2. The molecule has 2 aromatic heterocycles. The van der Waals surface area contributed by atoms with Gasteiger partial charge >= 0.3 is 0 Å². The summed E-state index contributed by atoms with van der Waals surface area (Å²) in [7, 11) is 0. The van der Waals surface area contributed by atoms with Gasteiger partial charge in [-0.25, -0.2) is 14.4 Å². The lowest BCUT2D eigenvalue weighted by Gasteiger charge is -2.09. The van der Waals surface area contributed by atoms with Crippen molar-refractivity contribution < 1.29 is 9.18 Å². The first-order chi connectivity index (χ1) is 9.60. The number of nitrogens with zero attached hydrogens (tertiary/aromatic N) is 2. The fourth-order valence-corrected chi connectivity index (χ4v) is 2.29. The summed E-state index contributed by atoms with van der Waals surface area (Å²) in [6, 6.07) is 1.17. The van der Waals surface area contributed by atoms with Crippen LogP contribution in [0.5, 0.6) is 0 Å². The summed E-state index contributed by atoms with van der Waals surface area (Å²) in [6.45, 7) is 4.69. The van der Waals surface area contributed by atoms with Gasteiger partial charge in [-0.05, 0) is 19.9 Å². The lowest BCUT2D eigenvalue weighted by molar-refractivity contribution is 0.0950. The van der Waals surface area contributed by atoms with E-state index >= 15 is 0 Å². The van der Waals surface area contributed by atoms with Crippen LogP contribution in [0.25, 0.3) is 0 Å². The molecule has 0 aromatic carbocycles. The monoisotopic (exact) mass is 294 g/mol. The first-order valence-corrected chi connectivity index (χ1v) is 7.06. The molecule has 7 heteroatoms. The van der Waals surface area contributed by atoms with Crippen molar-refractivity contribution in [2.75, 3.05) is 11.9 Å². The SMILES string of the molecule is CCNc1ncc(F)cc1C(=O)NCc1csc(C)n1. The third kappa shape index (κ3) is 3.51. The predicted molar refractivity (Wildman–Crippen MR) is 76.4 cm³/mol. The second-order valence-electron chi connectivity index (χ2n) is 4.12. The van der Waals surface area contributed by atoms with Crippen LogP contribution >= 0.6 is 11.3 Å². The van der Waals surface area contributed by atoms with Gasteiger partial charge in [0, 0.05) is 11.9 Å². The molecule has 0 radical (unpaired) electrons. The standard InChI is InChI=1S/C13H15FN4OS/c1-3-15-12-11(4-9(14)5-16-12)13(19)17-6-10-7-20-8(2)18-10/h4-5,7H,3,6H2,1-2H3,(H,15,16)(H,17,19). The van der Waals surface area contributed by atoms with Crippen LogP contribution in [-0.2, 0) is 6.54 Å². The van der Waals surface area contributed by atoms with Gasteiger partial charge < -0.3 is 10.6 Å². The molecule has 0 fully saturated rings. The molecule has 0 unspecified atom stereocenters. The minimum absolute atomic E-state index is 0.193. The Balaban J connectivity index is 2.09. The van der Waals surface area contributed by atoms with Gasteiger partial charge in [0.05, 0.1) is 29.0 Å². The maximum Gasteiger partial charge on any atom is 0.255 e. The maximum atomic E-state index is 13.2. The van der Waals surface area contributed by atoms with Gasteiger partial charge in [-0.1, -0.05) is 0 Å². The molecule has 0 saturated heterocycles. The van der Waals surface area contributed by atoms with Crippen molar-refractivity contribution in [2.45, 2.75) is 20.4 Å². The highest BCUT2D eigenvalue weighted by Crippen LogP contribution is 2.14.